The van der Waals surface area contributed by atoms with Crippen molar-refractivity contribution in [1.82, 2.24) is 14.9 Å². The highest BCUT2D eigenvalue weighted by Crippen LogP contribution is 2.20. The average molecular weight is 273 g/mol. The second kappa shape index (κ2) is 5.37. The van der Waals surface area contributed by atoms with Crippen molar-refractivity contribution in [3.63, 3.8) is 0 Å². The highest BCUT2D eigenvalue weighted by Gasteiger charge is 2.21. The molecular weight excluding hydrogens is 253 g/mol. The first-order valence-corrected chi connectivity index (χ1v) is 7.13. The van der Waals surface area contributed by atoms with Crippen LogP contribution in [-0.2, 0) is 13.1 Å². The van der Waals surface area contributed by atoms with E-state index >= 15 is 0 Å². The van der Waals surface area contributed by atoms with Crippen LogP contribution >= 0.6 is 0 Å². The van der Waals surface area contributed by atoms with Crippen LogP contribution in [0.3, 0.4) is 0 Å². The van der Waals surface area contributed by atoms with Crippen LogP contribution in [-0.4, -0.2) is 15.6 Å². The molecule has 0 unspecified atom stereocenters. The molecule has 1 fully saturated rings. The standard InChI is InChI=1S/C16H20FN3/c1-11-7-14(17)4-3-13(11)10-20-12(2)18-8-16(20)9-19-15-5-6-15/h3-4,7-8,15,19H,5-6,9-10H2,1-2H3. The molecule has 1 aromatic heterocycles. The van der Waals surface area contributed by atoms with E-state index in [1.807, 2.05) is 26.1 Å². The molecule has 0 radical (unpaired) electrons. The maximum Gasteiger partial charge on any atom is 0.123 e. The topological polar surface area (TPSA) is 29.9 Å². The third-order valence-electron chi connectivity index (χ3n) is 3.92. The summed E-state index contributed by atoms with van der Waals surface area (Å²) in [6.45, 7) is 5.57. The molecule has 2 aromatic rings. The lowest BCUT2D eigenvalue weighted by atomic mass is 10.1. The summed E-state index contributed by atoms with van der Waals surface area (Å²) in [4.78, 5) is 4.41. The van der Waals surface area contributed by atoms with E-state index in [9.17, 15) is 4.39 Å². The van der Waals surface area contributed by atoms with Gasteiger partial charge in [-0.3, -0.25) is 0 Å². The number of halogens is 1. The minimum Gasteiger partial charge on any atom is -0.327 e. The average Bonchev–Trinajstić information content (AvgIpc) is 3.17. The normalized spacial score (nSPS) is 14.8. The van der Waals surface area contributed by atoms with Crippen LogP contribution in [0.4, 0.5) is 4.39 Å². The molecule has 1 aliphatic rings. The largest absolute Gasteiger partial charge is 0.327 e. The predicted molar refractivity (Wildman–Crippen MR) is 77.1 cm³/mol. The number of aromatic nitrogens is 2. The number of rotatable bonds is 5. The molecule has 3 nitrogen and oxygen atoms in total. The molecule has 1 heterocycles. The summed E-state index contributed by atoms with van der Waals surface area (Å²) < 4.78 is 15.4. The van der Waals surface area contributed by atoms with Crippen LogP contribution in [0.25, 0.3) is 0 Å². The van der Waals surface area contributed by atoms with Crippen LogP contribution < -0.4 is 5.32 Å². The van der Waals surface area contributed by atoms with Gasteiger partial charge in [-0.25, -0.2) is 9.37 Å². The van der Waals surface area contributed by atoms with Gasteiger partial charge in [0.1, 0.15) is 11.6 Å². The van der Waals surface area contributed by atoms with Crippen LogP contribution in [0.1, 0.15) is 35.5 Å². The van der Waals surface area contributed by atoms with Gasteiger partial charge < -0.3 is 9.88 Å². The van der Waals surface area contributed by atoms with E-state index in [-0.39, 0.29) is 5.82 Å². The van der Waals surface area contributed by atoms with Crippen molar-refractivity contribution >= 4 is 0 Å². The summed E-state index contributed by atoms with van der Waals surface area (Å²) in [6.07, 6.45) is 4.50. The van der Waals surface area contributed by atoms with Gasteiger partial charge in [-0.1, -0.05) is 6.07 Å². The molecule has 4 heteroatoms. The molecule has 0 amide bonds. The van der Waals surface area contributed by atoms with E-state index in [1.54, 1.807) is 6.07 Å². The lowest BCUT2D eigenvalue weighted by molar-refractivity contribution is 0.616. The Labute approximate surface area is 118 Å². The lowest BCUT2D eigenvalue weighted by Crippen LogP contribution is -2.19. The molecule has 0 aliphatic heterocycles. The van der Waals surface area contributed by atoms with E-state index in [0.717, 1.165) is 30.0 Å². The first-order chi connectivity index (χ1) is 9.63. The van der Waals surface area contributed by atoms with Gasteiger partial charge in [0.25, 0.3) is 0 Å². The second-order valence-electron chi connectivity index (χ2n) is 5.61. The fourth-order valence-corrected chi connectivity index (χ4v) is 2.42. The Morgan fingerprint density at radius 2 is 2.15 bits per heavy atom. The lowest BCUT2D eigenvalue weighted by Gasteiger charge is -2.13. The Kier molecular flexibility index (Phi) is 3.57. The second-order valence-corrected chi connectivity index (χ2v) is 5.61. The Morgan fingerprint density at radius 3 is 2.85 bits per heavy atom. The van der Waals surface area contributed by atoms with Crippen molar-refractivity contribution in [1.29, 1.82) is 0 Å². The molecule has 20 heavy (non-hydrogen) atoms. The molecule has 0 saturated heterocycles. The first-order valence-electron chi connectivity index (χ1n) is 7.13. The smallest absolute Gasteiger partial charge is 0.123 e. The molecule has 1 aliphatic carbocycles. The van der Waals surface area contributed by atoms with Gasteiger partial charge in [-0.05, 0) is 49.9 Å². The molecule has 0 atom stereocenters. The van der Waals surface area contributed by atoms with Crippen LogP contribution in [0.5, 0.6) is 0 Å². The fraction of sp³-hybridized carbons (Fsp3) is 0.438. The number of benzene rings is 1. The Balaban J connectivity index is 1.79. The van der Waals surface area contributed by atoms with Crippen molar-refractivity contribution in [2.24, 2.45) is 0 Å². The van der Waals surface area contributed by atoms with Crippen molar-refractivity contribution in [2.75, 3.05) is 0 Å². The Bertz CT molecular complexity index is 614. The van der Waals surface area contributed by atoms with E-state index < -0.39 is 0 Å². The summed E-state index contributed by atoms with van der Waals surface area (Å²) in [5, 5.41) is 3.52. The molecule has 3 rings (SSSR count). The summed E-state index contributed by atoms with van der Waals surface area (Å²) in [5.74, 6) is 0.825. The van der Waals surface area contributed by atoms with E-state index in [2.05, 4.69) is 14.9 Å². The Morgan fingerprint density at radius 1 is 1.35 bits per heavy atom. The molecule has 106 valence electrons. The monoisotopic (exact) mass is 273 g/mol. The minimum atomic E-state index is -0.177. The van der Waals surface area contributed by atoms with Crippen molar-refractivity contribution in [2.45, 2.75) is 45.8 Å². The minimum absolute atomic E-state index is 0.177. The van der Waals surface area contributed by atoms with Crippen molar-refractivity contribution in [3.05, 3.63) is 52.9 Å². The van der Waals surface area contributed by atoms with Crippen molar-refractivity contribution < 1.29 is 4.39 Å². The summed E-state index contributed by atoms with van der Waals surface area (Å²) >= 11 is 0. The third-order valence-corrected chi connectivity index (χ3v) is 3.92. The molecule has 0 spiro atoms. The number of hydrogen-bond donors (Lipinski definition) is 1. The number of nitrogens with zero attached hydrogens (tertiary/aromatic N) is 2. The number of aryl methyl sites for hydroxylation is 2. The summed E-state index contributed by atoms with van der Waals surface area (Å²) in [5.41, 5.74) is 3.32. The van der Waals surface area contributed by atoms with Gasteiger partial charge >= 0.3 is 0 Å². The maximum atomic E-state index is 13.2. The number of imidazole rings is 1. The summed E-state index contributed by atoms with van der Waals surface area (Å²) in [7, 11) is 0. The van der Waals surface area contributed by atoms with E-state index in [4.69, 9.17) is 0 Å². The van der Waals surface area contributed by atoms with Gasteiger partial charge in [0.15, 0.2) is 0 Å². The highest BCUT2D eigenvalue weighted by molar-refractivity contribution is 5.27. The van der Waals surface area contributed by atoms with Gasteiger partial charge in [0, 0.05) is 25.3 Å². The zero-order chi connectivity index (χ0) is 14.1. The predicted octanol–water partition coefficient (Wildman–Crippen LogP) is 2.94. The zero-order valence-electron chi connectivity index (χ0n) is 12.0. The summed E-state index contributed by atoms with van der Waals surface area (Å²) in [6, 6.07) is 5.66. The van der Waals surface area contributed by atoms with Gasteiger partial charge in [0.2, 0.25) is 0 Å². The van der Waals surface area contributed by atoms with Crippen LogP contribution in [0, 0.1) is 19.7 Å². The van der Waals surface area contributed by atoms with E-state index in [0.29, 0.717) is 6.04 Å². The maximum absolute atomic E-state index is 13.2. The number of hydrogen-bond acceptors (Lipinski definition) is 2. The Hall–Kier alpha value is -1.68. The SMILES string of the molecule is Cc1cc(F)ccc1Cn1c(CNC2CC2)cnc1C. The molecule has 1 N–H and O–H groups in total. The number of nitrogens with one attached hydrogen (secondary N) is 1. The zero-order valence-corrected chi connectivity index (χ0v) is 12.0. The van der Waals surface area contributed by atoms with Crippen LogP contribution in [0.2, 0.25) is 0 Å². The van der Waals surface area contributed by atoms with Crippen LogP contribution in [0.15, 0.2) is 24.4 Å². The van der Waals surface area contributed by atoms with Gasteiger partial charge in [-0.2, -0.15) is 0 Å². The molecule has 1 aromatic carbocycles. The molecule has 1 saturated carbocycles. The quantitative estimate of drug-likeness (QED) is 0.907. The first kappa shape index (κ1) is 13.3. The van der Waals surface area contributed by atoms with E-state index in [1.165, 1.54) is 24.6 Å². The fourth-order valence-electron chi connectivity index (χ4n) is 2.42. The third kappa shape index (κ3) is 2.90. The van der Waals surface area contributed by atoms with Gasteiger partial charge in [0.05, 0.1) is 5.69 Å². The van der Waals surface area contributed by atoms with Gasteiger partial charge in [-0.15, -0.1) is 0 Å². The molecule has 0 bridgehead atoms. The van der Waals surface area contributed by atoms with Crippen molar-refractivity contribution in [3.8, 4) is 0 Å². The highest BCUT2D eigenvalue weighted by atomic mass is 19.1. The molecular formula is C16H20FN3.